The van der Waals surface area contributed by atoms with Crippen molar-refractivity contribution < 1.29 is 0 Å². The number of rotatable bonds is 2. The maximum Gasteiger partial charge on any atom is 0.332 e. The molecule has 4 aromatic rings. The highest BCUT2D eigenvalue weighted by molar-refractivity contribution is 6.30. The maximum absolute atomic E-state index is 13.1. The molecule has 31 heavy (non-hydrogen) atoms. The minimum atomic E-state index is -0.660. The number of nitrogens with zero attached hydrogens (tertiary/aromatic N) is 4. The number of nitrogens with two attached hydrogens (primary N) is 1. The van der Waals surface area contributed by atoms with Crippen molar-refractivity contribution in [2.75, 3.05) is 5.73 Å². The number of anilines is 1. The van der Waals surface area contributed by atoms with Crippen molar-refractivity contribution in [3.63, 3.8) is 0 Å². The van der Waals surface area contributed by atoms with E-state index in [9.17, 15) is 19.2 Å². The molecule has 160 valence electrons. The van der Waals surface area contributed by atoms with E-state index in [1.165, 1.54) is 32.8 Å². The molecule has 0 saturated carbocycles. The zero-order chi connectivity index (χ0) is 22.8. The van der Waals surface area contributed by atoms with Crippen LogP contribution in [0.4, 0.5) is 5.82 Å². The lowest BCUT2D eigenvalue weighted by Gasteiger charge is -2.13. The van der Waals surface area contributed by atoms with E-state index in [-0.39, 0.29) is 28.0 Å². The minimum Gasteiger partial charge on any atom is -0.384 e. The Balaban J connectivity index is 2.33. The number of nitrogens with one attached hydrogen (secondary N) is 1. The number of halogens is 1. The molecule has 10 nitrogen and oxygen atoms in total. The van der Waals surface area contributed by atoms with Gasteiger partial charge in [0.1, 0.15) is 11.5 Å². The largest absolute Gasteiger partial charge is 0.384 e. The maximum atomic E-state index is 13.1. The first kappa shape index (κ1) is 20.5. The molecule has 1 aromatic carbocycles. The van der Waals surface area contributed by atoms with E-state index in [0.717, 1.165) is 13.7 Å². The summed E-state index contributed by atoms with van der Waals surface area (Å²) < 4.78 is 4.28. The number of nitrogen functional groups attached to an aromatic ring is 1. The summed E-state index contributed by atoms with van der Waals surface area (Å²) in [5.74, 6) is -0.0971. The second-order valence-electron chi connectivity index (χ2n) is 7.28. The fourth-order valence-corrected chi connectivity index (χ4v) is 3.83. The van der Waals surface area contributed by atoms with Gasteiger partial charge in [0.15, 0.2) is 0 Å². The lowest BCUT2D eigenvalue weighted by atomic mass is 10.00. The molecule has 0 spiro atoms. The van der Waals surface area contributed by atoms with Gasteiger partial charge in [-0.25, -0.2) is 9.59 Å². The molecule has 0 bridgehead atoms. The second-order valence-corrected chi connectivity index (χ2v) is 7.71. The van der Waals surface area contributed by atoms with Crippen molar-refractivity contribution in [2.45, 2.75) is 0 Å². The van der Waals surface area contributed by atoms with Crippen LogP contribution in [0.5, 0.6) is 0 Å². The molecule has 3 aromatic heterocycles. The molecule has 3 N–H and O–H groups in total. The molecule has 0 atom stereocenters. The van der Waals surface area contributed by atoms with Gasteiger partial charge < -0.3 is 10.7 Å². The SMILES string of the molecule is Cn1c(N)c(-c2c(-c3ccc(Cl)cc3)[nH]c3c2c(=O)n(C)c(=O)n3C)c(=O)n(C)c1=O. The topological polar surface area (TPSA) is 130 Å². The van der Waals surface area contributed by atoms with Crippen LogP contribution >= 0.6 is 11.6 Å². The quantitative estimate of drug-likeness (QED) is 0.467. The first-order chi connectivity index (χ1) is 14.6. The predicted octanol–water partition coefficient (Wildman–Crippen LogP) is 0.532. The van der Waals surface area contributed by atoms with Crippen LogP contribution in [0.15, 0.2) is 43.4 Å². The summed E-state index contributed by atoms with van der Waals surface area (Å²) in [6, 6.07) is 6.74. The van der Waals surface area contributed by atoms with Crippen molar-refractivity contribution >= 4 is 28.5 Å². The Morgan fingerprint density at radius 2 is 1.32 bits per heavy atom. The molecule has 0 aliphatic carbocycles. The van der Waals surface area contributed by atoms with Crippen molar-refractivity contribution in [1.82, 2.24) is 23.3 Å². The Bertz CT molecular complexity index is 1620. The van der Waals surface area contributed by atoms with Gasteiger partial charge >= 0.3 is 11.4 Å². The highest BCUT2D eigenvalue weighted by Crippen LogP contribution is 2.37. The molecular formula is C20H19ClN6O4. The fourth-order valence-electron chi connectivity index (χ4n) is 3.70. The van der Waals surface area contributed by atoms with Crippen molar-refractivity contribution in [1.29, 1.82) is 0 Å². The number of aryl methyl sites for hydroxylation is 1. The van der Waals surface area contributed by atoms with Crippen LogP contribution in [-0.2, 0) is 28.2 Å². The van der Waals surface area contributed by atoms with Gasteiger partial charge in [-0.3, -0.25) is 27.9 Å². The van der Waals surface area contributed by atoms with E-state index in [1.807, 2.05) is 0 Å². The summed E-state index contributed by atoms with van der Waals surface area (Å²) >= 11 is 6.02. The van der Waals surface area contributed by atoms with Crippen LogP contribution in [-0.4, -0.2) is 23.3 Å². The van der Waals surface area contributed by atoms with Crippen molar-refractivity contribution in [3.8, 4) is 22.4 Å². The monoisotopic (exact) mass is 442 g/mol. The normalized spacial score (nSPS) is 11.4. The average molecular weight is 443 g/mol. The molecule has 0 unspecified atom stereocenters. The Kier molecular flexibility index (Phi) is 4.54. The summed E-state index contributed by atoms with van der Waals surface area (Å²) in [4.78, 5) is 54.2. The third-order valence-corrected chi connectivity index (χ3v) is 5.75. The van der Waals surface area contributed by atoms with E-state index in [1.54, 1.807) is 24.3 Å². The van der Waals surface area contributed by atoms with E-state index < -0.39 is 22.5 Å². The van der Waals surface area contributed by atoms with E-state index in [4.69, 9.17) is 17.3 Å². The number of aromatic nitrogens is 5. The molecule has 4 rings (SSSR count). The van der Waals surface area contributed by atoms with Crippen LogP contribution in [0.3, 0.4) is 0 Å². The minimum absolute atomic E-state index is 0.0171. The Labute approximate surface area is 179 Å². The summed E-state index contributed by atoms with van der Waals surface area (Å²) in [5, 5.41) is 0.610. The first-order valence-electron chi connectivity index (χ1n) is 9.19. The average Bonchev–Trinajstić information content (AvgIpc) is 3.14. The summed E-state index contributed by atoms with van der Waals surface area (Å²) in [6.07, 6.45) is 0. The number of fused-ring (bicyclic) bond motifs is 1. The van der Waals surface area contributed by atoms with Gasteiger partial charge in [-0.1, -0.05) is 23.7 Å². The van der Waals surface area contributed by atoms with E-state index in [0.29, 0.717) is 16.3 Å². The third kappa shape index (κ3) is 2.79. The Morgan fingerprint density at radius 1 is 0.774 bits per heavy atom. The highest BCUT2D eigenvalue weighted by atomic mass is 35.5. The fraction of sp³-hybridized carbons (Fsp3) is 0.200. The molecule has 11 heteroatoms. The van der Waals surface area contributed by atoms with Gasteiger partial charge in [-0.2, -0.15) is 0 Å². The van der Waals surface area contributed by atoms with Gasteiger partial charge in [-0.15, -0.1) is 0 Å². The first-order valence-corrected chi connectivity index (χ1v) is 9.57. The zero-order valence-corrected chi connectivity index (χ0v) is 17.9. The van der Waals surface area contributed by atoms with Crippen molar-refractivity contribution in [3.05, 3.63) is 71.0 Å². The Hall–Kier alpha value is -3.79. The van der Waals surface area contributed by atoms with Gasteiger partial charge in [0, 0.05) is 38.8 Å². The van der Waals surface area contributed by atoms with Gasteiger partial charge in [-0.05, 0) is 17.7 Å². The van der Waals surface area contributed by atoms with Crippen LogP contribution < -0.4 is 28.2 Å². The van der Waals surface area contributed by atoms with Gasteiger partial charge in [0.05, 0.1) is 16.6 Å². The zero-order valence-electron chi connectivity index (χ0n) is 17.2. The summed E-state index contributed by atoms with van der Waals surface area (Å²) in [5.41, 5.74) is 5.24. The third-order valence-electron chi connectivity index (χ3n) is 5.50. The highest BCUT2D eigenvalue weighted by Gasteiger charge is 2.26. The van der Waals surface area contributed by atoms with Gasteiger partial charge in [0.25, 0.3) is 11.1 Å². The number of hydrogen-bond acceptors (Lipinski definition) is 5. The number of aromatic amines is 1. The number of H-pyrrole nitrogens is 1. The predicted molar refractivity (Wildman–Crippen MR) is 120 cm³/mol. The molecule has 0 radical (unpaired) electrons. The molecule has 3 heterocycles. The lowest BCUT2D eigenvalue weighted by molar-refractivity contribution is 0.696. The smallest absolute Gasteiger partial charge is 0.332 e. The number of benzene rings is 1. The standard InChI is InChI=1S/C20H19ClN6O4/c1-24-15(22)12(17(28)26(3)19(24)30)11-13-16(25(2)20(31)27(4)18(13)29)23-14(11)9-5-7-10(21)8-6-9/h5-8,23H,22H2,1-4H3. The summed E-state index contributed by atoms with van der Waals surface area (Å²) in [6.45, 7) is 0. The molecule has 0 aliphatic heterocycles. The van der Waals surface area contributed by atoms with Crippen LogP contribution in [0, 0.1) is 0 Å². The Morgan fingerprint density at radius 3 is 1.94 bits per heavy atom. The van der Waals surface area contributed by atoms with E-state index in [2.05, 4.69) is 4.98 Å². The molecule has 0 amide bonds. The van der Waals surface area contributed by atoms with Crippen LogP contribution in [0.25, 0.3) is 33.4 Å². The van der Waals surface area contributed by atoms with Gasteiger partial charge in [0.2, 0.25) is 0 Å². The van der Waals surface area contributed by atoms with E-state index >= 15 is 0 Å². The second kappa shape index (κ2) is 6.88. The van der Waals surface area contributed by atoms with Crippen molar-refractivity contribution in [2.24, 2.45) is 28.2 Å². The molecule has 0 saturated heterocycles. The molecule has 0 aliphatic rings. The van der Waals surface area contributed by atoms with Crippen LogP contribution in [0.1, 0.15) is 0 Å². The lowest BCUT2D eigenvalue weighted by Crippen LogP contribution is -2.39. The molecular weight excluding hydrogens is 424 g/mol. The van der Waals surface area contributed by atoms with Crippen LogP contribution in [0.2, 0.25) is 5.02 Å². The summed E-state index contributed by atoms with van der Waals surface area (Å²) in [7, 11) is 5.63. The number of hydrogen-bond donors (Lipinski definition) is 2. The molecule has 0 fully saturated rings.